The number of rotatable bonds is 4. The minimum absolute atomic E-state index is 0.0495. The fourth-order valence-electron chi connectivity index (χ4n) is 2.78. The third-order valence-electron chi connectivity index (χ3n) is 4.23. The number of piperazine rings is 1. The molecule has 24 heavy (non-hydrogen) atoms. The molecule has 1 saturated heterocycles. The molecule has 0 spiro atoms. The molecule has 0 saturated carbocycles. The summed E-state index contributed by atoms with van der Waals surface area (Å²) in [5, 5.41) is 0. The molecule has 3 rings (SSSR count). The molecular formula is C18H20N2O4. The molecule has 1 fully saturated rings. The zero-order valence-electron chi connectivity index (χ0n) is 13.8. The van der Waals surface area contributed by atoms with Gasteiger partial charge in [0.1, 0.15) is 18.1 Å². The summed E-state index contributed by atoms with van der Waals surface area (Å²) in [6.07, 6.45) is 1.49. The Bertz CT molecular complexity index is 736. The fourth-order valence-corrected chi connectivity index (χ4v) is 2.78. The van der Waals surface area contributed by atoms with Crippen molar-refractivity contribution in [3.05, 3.63) is 53.5 Å². The zero-order valence-corrected chi connectivity index (χ0v) is 13.8. The van der Waals surface area contributed by atoms with Crippen molar-refractivity contribution in [3.63, 3.8) is 0 Å². The number of ether oxygens (including phenoxy) is 1. The molecule has 1 aromatic carbocycles. The van der Waals surface area contributed by atoms with Gasteiger partial charge in [0.2, 0.25) is 5.91 Å². The van der Waals surface area contributed by atoms with Crippen LogP contribution in [0.25, 0.3) is 0 Å². The maximum absolute atomic E-state index is 12.4. The number of methoxy groups -OCH3 is 1. The average molecular weight is 328 g/mol. The van der Waals surface area contributed by atoms with Crippen molar-refractivity contribution in [3.8, 4) is 5.75 Å². The van der Waals surface area contributed by atoms with E-state index in [0.717, 1.165) is 11.3 Å². The van der Waals surface area contributed by atoms with Gasteiger partial charge in [0.05, 0.1) is 18.9 Å². The van der Waals surface area contributed by atoms with E-state index in [1.807, 2.05) is 24.3 Å². The minimum Gasteiger partial charge on any atom is -0.497 e. The van der Waals surface area contributed by atoms with Crippen LogP contribution >= 0.6 is 0 Å². The van der Waals surface area contributed by atoms with E-state index in [2.05, 4.69) is 0 Å². The van der Waals surface area contributed by atoms with E-state index >= 15 is 0 Å². The second-order valence-electron chi connectivity index (χ2n) is 5.78. The molecular weight excluding hydrogens is 308 g/mol. The number of hydrogen-bond acceptors (Lipinski definition) is 4. The van der Waals surface area contributed by atoms with E-state index in [1.165, 1.54) is 6.26 Å². The summed E-state index contributed by atoms with van der Waals surface area (Å²) < 4.78 is 10.3. The molecule has 126 valence electrons. The Morgan fingerprint density at radius 3 is 2.54 bits per heavy atom. The summed E-state index contributed by atoms with van der Waals surface area (Å²) in [7, 11) is 1.62. The molecule has 2 heterocycles. The Hall–Kier alpha value is -2.76. The third kappa shape index (κ3) is 3.27. The molecule has 1 aromatic heterocycles. The molecule has 6 nitrogen and oxygen atoms in total. The van der Waals surface area contributed by atoms with Crippen LogP contribution < -0.4 is 4.74 Å². The van der Waals surface area contributed by atoms with Gasteiger partial charge in [-0.05, 0) is 30.7 Å². The molecule has 0 bridgehead atoms. The monoisotopic (exact) mass is 328 g/mol. The van der Waals surface area contributed by atoms with Crippen LogP contribution in [0.2, 0.25) is 0 Å². The van der Waals surface area contributed by atoms with Crippen molar-refractivity contribution < 1.29 is 18.7 Å². The van der Waals surface area contributed by atoms with Crippen LogP contribution in [0.4, 0.5) is 0 Å². The van der Waals surface area contributed by atoms with Crippen LogP contribution in [0.1, 0.15) is 21.7 Å². The van der Waals surface area contributed by atoms with Crippen molar-refractivity contribution >= 4 is 11.8 Å². The maximum Gasteiger partial charge on any atom is 0.257 e. The highest BCUT2D eigenvalue weighted by Crippen LogP contribution is 2.17. The van der Waals surface area contributed by atoms with E-state index in [-0.39, 0.29) is 18.4 Å². The number of carbonyl (C=O) groups is 2. The van der Waals surface area contributed by atoms with Gasteiger partial charge >= 0.3 is 0 Å². The highest BCUT2D eigenvalue weighted by atomic mass is 16.5. The second-order valence-corrected chi connectivity index (χ2v) is 5.78. The number of aryl methyl sites for hydroxylation is 1. The predicted octanol–water partition coefficient (Wildman–Crippen LogP) is 2.08. The minimum atomic E-state index is -0.154. The lowest BCUT2D eigenvalue weighted by Crippen LogP contribution is -2.51. The summed E-state index contributed by atoms with van der Waals surface area (Å²) >= 11 is 0. The van der Waals surface area contributed by atoms with Gasteiger partial charge in [-0.2, -0.15) is 0 Å². The Balaban J connectivity index is 1.61. The van der Waals surface area contributed by atoms with Gasteiger partial charge in [-0.25, -0.2) is 0 Å². The normalized spacial score (nSPS) is 14.8. The number of benzene rings is 1. The molecule has 0 atom stereocenters. The molecule has 0 unspecified atom stereocenters. The van der Waals surface area contributed by atoms with E-state index in [0.29, 0.717) is 31.0 Å². The second kappa shape index (κ2) is 6.78. The number of furan rings is 1. The number of carbonyl (C=O) groups excluding carboxylic acids is 2. The van der Waals surface area contributed by atoms with Crippen LogP contribution in [-0.4, -0.2) is 48.4 Å². The van der Waals surface area contributed by atoms with E-state index in [9.17, 15) is 9.59 Å². The van der Waals surface area contributed by atoms with Gasteiger partial charge in [-0.3, -0.25) is 9.59 Å². The summed E-state index contributed by atoms with van der Waals surface area (Å²) in [6.45, 7) is 3.42. The van der Waals surface area contributed by atoms with Gasteiger partial charge in [0, 0.05) is 19.6 Å². The Kier molecular flexibility index (Phi) is 4.55. The molecule has 0 radical (unpaired) electrons. The van der Waals surface area contributed by atoms with Gasteiger partial charge in [0.25, 0.3) is 5.91 Å². The standard InChI is InChI=1S/C18H20N2O4/c1-13-16(7-10-24-13)18(22)20-9-8-19(17(21)12-20)11-14-3-5-15(23-2)6-4-14/h3-7,10H,8-9,11-12H2,1-2H3. The van der Waals surface area contributed by atoms with Crippen molar-refractivity contribution in [2.24, 2.45) is 0 Å². The lowest BCUT2D eigenvalue weighted by molar-refractivity contribution is -0.135. The van der Waals surface area contributed by atoms with E-state index < -0.39 is 0 Å². The Morgan fingerprint density at radius 2 is 1.96 bits per heavy atom. The Labute approximate surface area is 140 Å². The first-order valence-corrected chi connectivity index (χ1v) is 7.82. The number of hydrogen-bond donors (Lipinski definition) is 0. The lowest BCUT2D eigenvalue weighted by Gasteiger charge is -2.34. The largest absolute Gasteiger partial charge is 0.497 e. The lowest BCUT2D eigenvalue weighted by atomic mass is 10.1. The maximum atomic E-state index is 12.4. The molecule has 1 aliphatic heterocycles. The van der Waals surface area contributed by atoms with Crippen LogP contribution in [0.3, 0.4) is 0 Å². The van der Waals surface area contributed by atoms with Crippen LogP contribution in [0, 0.1) is 6.92 Å². The van der Waals surface area contributed by atoms with Gasteiger partial charge in [-0.15, -0.1) is 0 Å². The first-order valence-electron chi connectivity index (χ1n) is 7.82. The van der Waals surface area contributed by atoms with Gasteiger partial charge in [0.15, 0.2) is 0 Å². The summed E-state index contributed by atoms with van der Waals surface area (Å²) in [6, 6.07) is 9.28. The van der Waals surface area contributed by atoms with Gasteiger partial charge < -0.3 is 19.0 Å². The topological polar surface area (TPSA) is 63.0 Å². The molecule has 0 N–H and O–H groups in total. The number of amides is 2. The molecule has 2 aromatic rings. The first kappa shape index (κ1) is 16.1. The summed E-state index contributed by atoms with van der Waals surface area (Å²) in [5.41, 5.74) is 1.56. The zero-order chi connectivity index (χ0) is 17.1. The van der Waals surface area contributed by atoms with E-state index in [4.69, 9.17) is 9.15 Å². The summed E-state index contributed by atoms with van der Waals surface area (Å²) in [5.74, 6) is 1.16. The molecule has 1 aliphatic rings. The fraction of sp³-hybridized carbons (Fsp3) is 0.333. The average Bonchev–Trinajstić information content (AvgIpc) is 3.02. The molecule has 2 amide bonds. The quantitative estimate of drug-likeness (QED) is 0.862. The molecule has 0 aliphatic carbocycles. The van der Waals surface area contributed by atoms with Crippen molar-refractivity contribution in [1.29, 1.82) is 0 Å². The summed E-state index contributed by atoms with van der Waals surface area (Å²) in [4.78, 5) is 28.2. The van der Waals surface area contributed by atoms with E-state index in [1.54, 1.807) is 29.9 Å². The highest BCUT2D eigenvalue weighted by Gasteiger charge is 2.28. The van der Waals surface area contributed by atoms with Crippen molar-refractivity contribution in [1.82, 2.24) is 9.80 Å². The smallest absolute Gasteiger partial charge is 0.257 e. The SMILES string of the molecule is COc1ccc(CN2CCN(C(=O)c3ccoc3C)CC2=O)cc1. The van der Waals surface area contributed by atoms with Crippen molar-refractivity contribution in [2.75, 3.05) is 26.7 Å². The van der Waals surface area contributed by atoms with Crippen LogP contribution in [0.15, 0.2) is 41.0 Å². The molecule has 6 heteroatoms. The van der Waals surface area contributed by atoms with Crippen molar-refractivity contribution in [2.45, 2.75) is 13.5 Å². The Morgan fingerprint density at radius 1 is 1.21 bits per heavy atom. The number of nitrogens with zero attached hydrogens (tertiary/aromatic N) is 2. The predicted molar refractivity (Wildman–Crippen MR) is 87.8 cm³/mol. The third-order valence-corrected chi connectivity index (χ3v) is 4.23. The van der Waals surface area contributed by atoms with Crippen LogP contribution in [0.5, 0.6) is 5.75 Å². The first-order chi connectivity index (χ1) is 11.6. The van der Waals surface area contributed by atoms with Crippen LogP contribution in [-0.2, 0) is 11.3 Å². The van der Waals surface area contributed by atoms with Gasteiger partial charge in [-0.1, -0.05) is 12.1 Å². The highest BCUT2D eigenvalue weighted by molar-refractivity contribution is 5.97.